The molecule has 0 spiro atoms. The molecule has 0 bridgehead atoms. The van der Waals surface area contributed by atoms with Crippen molar-refractivity contribution >= 4 is 55.7 Å². The van der Waals surface area contributed by atoms with Gasteiger partial charge in [-0.1, -0.05) is 65.4 Å². The predicted molar refractivity (Wildman–Crippen MR) is 155 cm³/mol. The van der Waals surface area contributed by atoms with Crippen LogP contribution in [0.4, 0.5) is 5.13 Å². The summed E-state index contributed by atoms with van der Waals surface area (Å²) in [6.07, 6.45) is 0. The molecule has 1 unspecified atom stereocenters. The van der Waals surface area contributed by atoms with Gasteiger partial charge in [0, 0.05) is 10.6 Å². The van der Waals surface area contributed by atoms with Crippen LogP contribution in [0.5, 0.6) is 17.2 Å². The number of rotatable bonds is 6. The number of aliphatic hydroxyl groups excluding tert-OH is 1. The molecule has 0 radical (unpaired) electrons. The first-order valence-electron chi connectivity index (χ1n) is 12.3. The van der Waals surface area contributed by atoms with Gasteiger partial charge in [-0.25, -0.2) is 4.98 Å². The minimum Gasteiger partial charge on any atom is -0.507 e. The molecular formula is C31H21ClN2O5S. The Hall–Kier alpha value is -4.66. The molecule has 9 heteroatoms. The molecule has 0 aliphatic carbocycles. The van der Waals surface area contributed by atoms with Crippen molar-refractivity contribution in [1.82, 2.24) is 4.98 Å². The molecule has 2 heterocycles. The van der Waals surface area contributed by atoms with Gasteiger partial charge in [0.15, 0.2) is 5.13 Å². The topological polar surface area (TPSA) is 89.0 Å². The minimum absolute atomic E-state index is 0.0626. The summed E-state index contributed by atoms with van der Waals surface area (Å²) >= 11 is 7.42. The highest BCUT2D eigenvalue weighted by atomic mass is 35.5. The second-order valence-electron chi connectivity index (χ2n) is 9.00. The third-order valence-corrected chi connectivity index (χ3v) is 7.74. The third-order valence-electron chi connectivity index (χ3n) is 6.49. The number of nitrogens with zero attached hydrogens (tertiary/aromatic N) is 2. The third kappa shape index (κ3) is 4.68. The lowest BCUT2D eigenvalue weighted by Gasteiger charge is -2.23. The number of halogens is 1. The molecule has 4 aromatic carbocycles. The second-order valence-corrected chi connectivity index (χ2v) is 10.4. The number of carbonyl (C=O) groups is 2. The number of thiazole rings is 1. The summed E-state index contributed by atoms with van der Waals surface area (Å²) in [5, 5.41) is 12.3. The van der Waals surface area contributed by atoms with E-state index in [-0.39, 0.29) is 11.3 Å². The lowest BCUT2D eigenvalue weighted by Crippen LogP contribution is -2.29. The van der Waals surface area contributed by atoms with E-state index in [1.807, 2.05) is 30.3 Å². The van der Waals surface area contributed by atoms with Crippen molar-refractivity contribution in [3.63, 3.8) is 0 Å². The van der Waals surface area contributed by atoms with Gasteiger partial charge in [-0.3, -0.25) is 14.5 Å². The van der Waals surface area contributed by atoms with Gasteiger partial charge in [-0.05, 0) is 60.2 Å². The van der Waals surface area contributed by atoms with Gasteiger partial charge in [0.2, 0.25) is 0 Å². The number of methoxy groups -OCH3 is 1. The molecule has 1 aliphatic heterocycles. The zero-order chi connectivity index (χ0) is 27.8. The molecule has 5 aromatic rings. The lowest BCUT2D eigenvalue weighted by atomic mass is 9.95. The van der Waals surface area contributed by atoms with E-state index >= 15 is 0 Å². The number of ether oxygens (including phenoxy) is 2. The van der Waals surface area contributed by atoms with Crippen LogP contribution in [0.15, 0.2) is 103 Å². The summed E-state index contributed by atoms with van der Waals surface area (Å²) in [5.41, 5.74) is 1.48. The van der Waals surface area contributed by atoms with E-state index in [2.05, 4.69) is 4.98 Å². The molecule has 0 saturated carbocycles. The summed E-state index contributed by atoms with van der Waals surface area (Å²) in [7, 11) is 1.51. The molecule has 1 aromatic heterocycles. The summed E-state index contributed by atoms with van der Waals surface area (Å²) in [6.45, 7) is 0. The Balaban J connectivity index is 1.53. The van der Waals surface area contributed by atoms with E-state index in [1.54, 1.807) is 66.7 Å². The van der Waals surface area contributed by atoms with Crippen LogP contribution in [-0.2, 0) is 9.59 Å². The van der Waals surface area contributed by atoms with Gasteiger partial charge in [0.1, 0.15) is 23.0 Å². The Labute approximate surface area is 238 Å². The van der Waals surface area contributed by atoms with Gasteiger partial charge >= 0.3 is 5.91 Å². The molecule has 198 valence electrons. The highest BCUT2D eigenvalue weighted by Gasteiger charge is 2.48. The van der Waals surface area contributed by atoms with Gasteiger partial charge in [-0.2, -0.15) is 0 Å². The number of aromatic nitrogens is 1. The van der Waals surface area contributed by atoms with Crippen LogP contribution >= 0.6 is 22.9 Å². The van der Waals surface area contributed by atoms with Crippen molar-refractivity contribution in [3.8, 4) is 17.2 Å². The number of Topliss-reactive ketones (excluding diaryl/α,β-unsaturated/α-hetero) is 1. The second kappa shape index (κ2) is 10.5. The van der Waals surface area contributed by atoms with Crippen LogP contribution in [0.3, 0.4) is 0 Å². The molecule has 40 heavy (non-hydrogen) atoms. The van der Waals surface area contributed by atoms with Crippen molar-refractivity contribution in [2.24, 2.45) is 0 Å². The number of aliphatic hydroxyl groups is 1. The Kier molecular flexibility index (Phi) is 6.71. The van der Waals surface area contributed by atoms with Crippen LogP contribution in [0.1, 0.15) is 17.2 Å². The number of anilines is 1. The maximum absolute atomic E-state index is 13.6. The Morgan fingerprint density at radius 3 is 2.45 bits per heavy atom. The number of ketones is 1. The molecular weight excluding hydrogens is 548 g/mol. The largest absolute Gasteiger partial charge is 0.507 e. The van der Waals surface area contributed by atoms with Crippen molar-refractivity contribution in [1.29, 1.82) is 0 Å². The van der Waals surface area contributed by atoms with E-state index in [0.29, 0.717) is 44.0 Å². The smallest absolute Gasteiger partial charge is 0.301 e. The van der Waals surface area contributed by atoms with Crippen molar-refractivity contribution < 1.29 is 24.2 Å². The number of fused-ring (bicyclic) bond motifs is 1. The van der Waals surface area contributed by atoms with E-state index < -0.39 is 17.7 Å². The standard InChI is InChI=1S/C31H21ClN2O5S/c1-38-22-11-6-8-19(16-22)28(35)26-27(18-7-5-12-23(15-18)39-21-9-3-2-4-10-21)34(30(37)29(26)36)31-33-24-14-13-20(32)17-25(24)40-31/h2-17,27,35H,1H3. The number of benzene rings is 4. The Bertz CT molecular complexity index is 1800. The van der Waals surface area contributed by atoms with Gasteiger partial charge < -0.3 is 14.6 Å². The monoisotopic (exact) mass is 568 g/mol. The van der Waals surface area contributed by atoms with Crippen LogP contribution in [0.2, 0.25) is 5.02 Å². The van der Waals surface area contributed by atoms with E-state index in [9.17, 15) is 14.7 Å². The maximum Gasteiger partial charge on any atom is 0.301 e. The molecule has 1 aliphatic rings. The molecule has 1 N–H and O–H groups in total. The average Bonchev–Trinajstić information content (AvgIpc) is 3.50. The number of amides is 1. The number of hydrogen-bond donors (Lipinski definition) is 1. The van der Waals surface area contributed by atoms with E-state index in [4.69, 9.17) is 21.1 Å². The van der Waals surface area contributed by atoms with E-state index in [0.717, 1.165) is 4.70 Å². The first kappa shape index (κ1) is 25.6. The molecule has 1 fully saturated rings. The highest BCUT2D eigenvalue weighted by molar-refractivity contribution is 7.22. The summed E-state index contributed by atoms with van der Waals surface area (Å²) in [4.78, 5) is 33.1. The van der Waals surface area contributed by atoms with Gasteiger partial charge in [0.05, 0.1) is 28.9 Å². The average molecular weight is 569 g/mol. The number of carbonyl (C=O) groups excluding carboxylic acids is 2. The first-order valence-corrected chi connectivity index (χ1v) is 13.5. The zero-order valence-electron chi connectivity index (χ0n) is 21.1. The SMILES string of the molecule is COc1cccc(C(O)=C2C(=O)C(=O)N(c3nc4ccc(Cl)cc4s3)C2c2cccc(Oc3ccccc3)c2)c1. The molecule has 1 saturated heterocycles. The molecule has 1 amide bonds. The van der Waals surface area contributed by atoms with Gasteiger partial charge in [-0.15, -0.1) is 0 Å². The fourth-order valence-corrected chi connectivity index (χ4v) is 5.90. The Morgan fingerprint density at radius 1 is 0.900 bits per heavy atom. The summed E-state index contributed by atoms with van der Waals surface area (Å²) in [6, 6.07) is 27.3. The van der Waals surface area contributed by atoms with Crippen LogP contribution in [0.25, 0.3) is 16.0 Å². The predicted octanol–water partition coefficient (Wildman–Crippen LogP) is 7.38. The quantitative estimate of drug-likeness (QED) is 0.131. The Morgan fingerprint density at radius 2 is 1.65 bits per heavy atom. The lowest BCUT2D eigenvalue weighted by molar-refractivity contribution is -0.132. The molecule has 7 nitrogen and oxygen atoms in total. The van der Waals surface area contributed by atoms with Crippen LogP contribution in [-0.4, -0.2) is 28.9 Å². The van der Waals surface area contributed by atoms with Crippen LogP contribution < -0.4 is 14.4 Å². The fourth-order valence-electron chi connectivity index (χ4n) is 4.63. The first-order chi connectivity index (χ1) is 19.4. The number of para-hydroxylation sites is 1. The van der Waals surface area contributed by atoms with Crippen molar-refractivity contribution in [2.45, 2.75) is 6.04 Å². The number of hydrogen-bond acceptors (Lipinski definition) is 7. The summed E-state index contributed by atoms with van der Waals surface area (Å²) < 4.78 is 12.1. The maximum atomic E-state index is 13.6. The van der Waals surface area contributed by atoms with Crippen molar-refractivity contribution in [3.05, 3.63) is 119 Å². The fraction of sp³-hybridized carbons (Fsp3) is 0.0645. The normalized spacial score (nSPS) is 16.4. The van der Waals surface area contributed by atoms with Crippen molar-refractivity contribution in [2.75, 3.05) is 12.0 Å². The highest BCUT2D eigenvalue weighted by Crippen LogP contribution is 2.45. The molecule has 1 atom stereocenters. The van der Waals surface area contributed by atoms with E-state index in [1.165, 1.54) is 23.3 Å². The minimum atomic E-state index is -0.971. The van der Waals surface area contributed by atoms with Gasteiger partial charge in [0.25, 0.3) is 5.78 Å². The zero-order valence-corrected chi connectivity index (χ0v) is 22.6. The summed E-state index contributed by atoms with van der Waals surface area (Å²) in [5.74, 6) is -0.301. The van der Waals surface area contributed by atoms with Crippen LogP contribution in [0, 0.1) is 0 Å². The molecule has 6 rings (SSSR count).